The molecule has 23 heavy (non-hydrogen) atoms. The molecule has 0 radical (unpaired) electrons. The summed E-state index contributed by atoms with van der Waals surface area (Å²) in [6.07, 6.45) is -2.35. The van der Waals surface area contributed by atoms with Crippen LogP contribution in [0.3, 0.4) is 0 Å². The molecule has 0 aliphatic carbocycles. The quantitative estimate of drug-likeness (QED) is 0.679. The topological polar surface area (TPSA) is 67.4 Å². The van der Waals surface area contributed by atoms with Crippen molar-refractivity contribution < 1.29 is 13.2 Å². The highest BCUT2D eigenvalue weighted by Gasteiger charge is 2.32. The predicted octanol–water partition coefficient (Wildman–Crippen LogP) is 3.67. The molecule has 0 atom stereocenters. The van der Waals surface area contributed by atoms with Gasteiger partial charge in [0.05, 0.1) is 22.3 Å². The van der Waals surface area contributed by atoms with Gasteiger partial charge in [0.15, 0.2) is 5.82 Å². The van der Waals surface area contributed by atoms with Crippen molar-refractivity contribution in [3.05, 3.63) is 46.5 Å². The summed E-state index contributed by atoms with van der Waals surface area (Å²) in [5, 5.41) is 13.5. The van der Waals surface area contributed by atoms with Crippen molar-refractivity contribution in [3.63, 3.8) is 0 Å². The Morgan fingerprint density at radius 2 is 2.00 bits per heavy atom. The lowest BCUT2D eigenvalue weighted by Crippen LogP contribution is -2.08. The van der Waals surface area contributed by atoms with Crippen LogP contribution in [0.1, 0.15) is 17.0 Å². The van der Waals surface area contributed by atoms with Gasteiger partial charge in [-0.1, -0.05) is 11.6 Å². The van der Waals surface area contributed by atoms with E-state index in [9.17, 15) is 13.2 Å². The van der Waals surface area contributed by atoms with E-state index in [1.54, 1.807) is 6.92 Å². The van der Waals surface area contributed by atoms with Crippen LogP contribution < -0.4 is 0 Å². The number of fused-ring (bicyclic) bond motifs is 1. The van der Waals surface area contributed by atoms with E-state index in [1.807, 2.05) is 6.07 Å². The summed E-state index contributed by atoms with van der Waals surface area (Å²) in [6, 6.07) is 4.18. The molecule has 3 aromatic heterocycles. The lowest BCUT2D eigenvalue weighted by molar-refractivity contribution is -0.137. The number of pyridine rings is 2. The van der Waals surface area contributed by atoms with Crippen molar-refractivity contribution in [1.29, 1.82) is 5.26 Å². The minimum absolute atomic E-state index is 0.0455. The van der Waals surface area contributed by atoms with Gasteiger partial charge in [-0.3, -0.25) is 0 Å². The molecule has 0 N–H and O–H groups in total. The van der Waals surface area contributed by atoms with Crippen molar-refractivity contribution in [2.75, 3.05) is 0 Å². The number of aromatic nitrogens is 4. The molecule has 5 nitrogen and oxygen atoms in total. The minimum atomic E-state index is -4.53. The molecule has 0 aromatic carbocycles. The van der Waals surface area contributed by atoms with Crippen LogP contribution in [0, 0.1) is 18.3 Å². The second-order valence-electron chi connectivity index (χ2n) is 4.72. The van der Waals surface area contributed by atoms with Crippen LogP contribution in [0.2, 0.25) is 5.02 Å². The van der Waals surface area contributed by atoms with Crippen molar-refractivity contribution in [1.82, 2.24) is 19.7 Å². The molecule has 3 heterocycles. The van der Waals surface area contributed by atoms with E-state index in [-0.39, 0.29) is 16.5 Å². The highest BCUT2D eigenvalue weighted by molar-refractivity contribution is 6.32. The number of rotatable bonds is 1. The van der Waals surface area contributed by atoms with Gasteiger partial charge in [0.1, 0.15) is 11.8 Å². The Morgan fingerprint density at radius 1 is 1.26 bits per heavy atom. The predicted molar refractivity (Wildman–Crippen MR) is 76.1 cm³/mol. The number of hydrogen-bond acceptors (Lipinski definition) is 4. The zero-order chi connectivity index (χ0) is 16.8. The molecule has 0 bridgehead atoms. The maximum atomic E-state index is 12.7. The van der Waals surface area contributed by atoms with Gasteiger partial charge in [-0.2, -0.15) is 23.5 Å². The number of aryl methyl sites for hydroxylation is 1. The second-order valence-corrected chi connectivity index (χ2v) is 5.13. The molecular weight excluding hydrogens is 331 g/mol. The third kappa shape index (κ3) is 2.59. The Labute approximate surface area is 133 Å². The van der Waals surface area contributed by atoms with Gasteiger partial charge >= 0.3 is 6.18 Å². The first-order valence-electron chi connectivity index (χ1n) is 6.30. The zero-order valence-corrected chi connectivity index (χ0v) is 12.3. The average Bonchev–Trinajstić information content (AvgIpc) is 2.90. The van der Waals surface area contributed by atoms with E-state index in [4.69, 9.17) is 16.9 Å². The lowest BCUT2D eigenvalue weighted by atomic mass is 10.2. The maximum Gasteiger partial charge on any atom is 0.417 e. The first-order valence-corrected chi connectivity index (χ1v) is 6.67. The third-order valence-electron chi connectivity index (χ3n) is 3.22. The second kappa shape index (κ2) is 5.21. The Hall–Kier alpha value is -2.66. The lowest BCUT2D eigenvalue weighted by Gasteiger charge is -2.10. The molecule has 0 aliphatic heterocycles. The monoisotopic (exact) mass is 337 g/mol. The highest BCUT2D eigenvalue weighted by Crippen LogP contribution is 2.32. The first kappa shape index (κ1) is 15.2. The highest BCUT2D eigenvalue weighted by atomic mass is 35.5. The van der Waals surface area contributed by atoms with Crippen LogP contribution in [0.5, 0.6) is 0 Å². The van der Waals surface area contributed by atoms with Crippen molar-refractivity contribution in [2.45, 2.75) is 13.1 Å². The van der Waals surface area contributed by atoms with Gasteiger partial charge in [-0.25, -0.2) is 14.6 Å². The molecule has 116 valence electrons. The fraction of sp³-hybridized carbons (Fsp3) is 0.143. The number of hydrogen-bond donors (Lipinski definition) is 0. The molecule has 0 aliphatic rings. The summed E-state index contributed by atoms with van der Waals surface area (Å²) in [5.74, 6) is 0.0455. The fourth-order valence-corrected chi connectivity index (χ4v) is 2.39. The minimum Gasteiger partial charge on any atom is -0.242 e. The molecule has 3 rings (SSSR count). The summed E-state index contributed by atoms with van der Waals surface area (Å²) in [7, 11) is 0. The summed E-state index contributed by atoms with van der Waals surface area (Å²) in [5.41, 5.74) is 0.287. The average molecular weight is 338 g/mol. The number of alkyl halides is 3. The van der Waals surface area contributed by atoms with E-state index < -0.39 is 11.7 Å². The van der Waals surface area contributed by atoms with E-state index in [2.05, 4.69) is 15.1 Å². The standard InChI is InChI=1S/C14H7ClF3N5/c1-7-10-6-21-23(12(10)3-9(4-19)22-7)13-11(15)2-8(5-20-13)14(16,17)18/h2-3,5-6H,1H3. The summed E-state index contributed by atoms with van der Waals surface area (Å²) >= 11 is 5.94. The van der Waals surface area contributed by atoms with Gasteiger partial charge in [-0.05, 0) is 13.0 Å². The van der Waals surface area contributed by atoms with Crippen LogP contribution >= 0.6 is 11.6 Å². The Balaban J connectivity index is 2.22. The van der Waals surface area contributed by atoms with Crippen LogP contribution in [0.15, 0.2) is 24.5 Å². The molecule has 0 saturated carbocycles. The fourth-order valence-electron chi connectivity index (χ4n) is 2.15. The molecule has 0 saturated heterocycles. The number of halogens is 4. The summed E-state index contributed by atoms with van der Waals surface area (Å²) in [6.45, 7) is 1.71. The Kier molecular flexibility index (Phi) is 3.45. The van der Waals surface area contributed by atoms with Gasteiger partial charge in [0.25, 0.3) is 0 Å². The maximum absolute atomic E-state index is 12.7. The van der Waals surface area contributed by atoms with Gasteiger partial charge < -0.3 is 0 Å². The molecule has 0 unspecified atom stereocenters. The van der Waals surface area contributed by atoms with E-state index in [0.717, 1.165) is 6.07 Å². The van der Waals surface area contributed by atoms with Gasteiger partial charge in [0.2, 0.25) is 0 Å². The summed E-state index contributed by atoms with van der Waals surface area (Å²) < 4.78 is 39.3. The molecule has 0 fully saturated rings. The Bertz CT molecular complexity index is 955. The van der Waals surface area contributed by atoms with Crippen molar-refractivity contribution in [2.24, 2.45) is 0 Å². The van der Waals surface area contributed by atoms with Crippen LogP contribution in [0.4, 0.5) is 13.2 Å². The van der Waals surface area contributed by atoms with Gasteiger partial charge in [0, 0.05) is 23.3 Å². The molecule has 0 spiro atoms. The zero-order valence-electron chi connectivity index (χ0n) is 11.6. The Morgan fingerprint density at radius 3 is 2.61 bits per heavy atom. The van der Waals surface area contributed by atoms with E-state index in [0.29, 0.717) is 22.8 Å². The van der Waals surface area contributed by atoms with Crippen molar-refractivity contribution >= 4 is 22.5 Å². The largest absolute Gasteiger partial charge is 0.417 e. The number of nitrogens with zero attached hydrogens (tertiary/aromatic N) is 5. The number of nitriles is 1. The van der Waals surface area contributed by atoms with E-state index >= 15 is 0 Å². The smallest absolute Gasteiger partial charge is 0.242 e. The van der Waals surface area contributed by atoms with Crippen LogP contribution in [0.25, 0.3) is 16.7 Å². The normalized spacial score (nSPS) is 11.7. The third-order valence-corrected chi connectivity index (χ3v) is 3.50. The molecular formula is C14H7ClF3N5. The molecule has 0 amide bonds. The first-order chi connectivity index (χ1) is 10.8. The van der Waals surface area contributed by atoms with E-state index in [1.165, 1.54) is 16.9 Å². The van der Waals surface area contributed by atoms with Gasteiger partial charge in [-0.15, -0.1) is 0 Å². The SMILES string of the molecule is Cc1nc(C#N)cc2c1cnn2-c1ncc(C(F)(F)F)cc1Cl. The van der Waals surface area contributed by atoms with Crippen LogP contribution in [-0.2, 0) is 6.18 Å². The molecule has 9 heteroatoms. The van der Waals surface area contributed by atoms with Crippen molar-refractivity contribution in [3.8, 4) is 11.9 Å². The summed E-state index contributed by atoms with van der Waals surface area (Å²) in [4.78, 5) is 7.85. The van der Waals surface area contributed by atoms with Crippen LogP contribution in [-0.4, -0.2) is 19.7 Å². The molecule has 3 aromatic rings.